The van der Waals surface area contributed by atoms with Gasteiger partial charge in [0.05, 0.1) is 0 Å². The first-order valence-corrected chi connectivity index (χ1v) is 15.8. The van der Waals surface area contributed by atoms with E-state index in [0.29, 0.717) is 11.1 Å². The summed E-state index contributed by atoms with van der Waals surface area (Å²) >= 11 is 0. The number of rotatable bonds is 6. The second kappa shape index (κ2) is 11.8. The van der Waals surface area contributed by atoms with Gasteiger partial charge in [0.15, 0.2) is 0 Å². The fraction of sp³-hybridized carbons (Fsp3) is 0.586. The molecule has 0 fully saturated rings. The van der Waals surface area contributed by atoms with Crippen LogP contribution in [0, 0.1) is 0 Å². The molecule has 0 aliphatic carbocycles. The van der Waals surface area contributed by atoms with Crippen LogP contribution in [0.15, 0.2) is 36.4 Å². The molecule has 0 amide bonds. The molecule has 3 radical (unpaired) electrons. The van der Waals surface area contributed by atoms with E-state index in [4.69, 9.17) is 4.52 Å². The smallest absolute Gasteiger partial charge is 0.302 e. The van der Waals surface area contributed by atoms with Crippen molar-refractivity contribution in [3.05, 3.63) is 69.8 Å². The van der Waals surface area contributed by atoms with Crippen LogP contribution in [0.2, 0.25) is 0 Å². The van der Waals surface area contributed by atoms with E-state index in [2.05, 4.69) is 58.0 Å². The quantitative estimate of drug-likeness (QED) is 0.231. The molecule has 0 aromatic heterocycles. The Morgan fingerprint density at radius 3 is 1.21 bits per heavy atom. The van der Waals surface area contributed by atoms with E-state index in [9.17, 15) is 23.8 Å². The van der Waals surface area contributed by atoms with E-state index in [1.54, 1.807) is 0 Å². The minimum absolute atomic E-state index is 0. The Morgan fingerprint density at radius 2 is 0.949 bits per heavy atom. The summed E-state index contributed by atoms with van der Waals surface area (Å²) in [5.41, 5.74) is 4.17. The van der Waals surface area contributed by atoms with Crippen LogP contribution in [0.4, 0.5) is 0 Å². The molecule has 0 spiro atoms. The maximum Gasteiger partial charge on any atom is 0.482 e. The van der Waals surface area contributed by atoms with Gasteiger partial charge in [-0.3, -0.25) is 4.52 Å². The lowest BCUT2D eigenvalue weighted by Crippen LogP contribution is -2.24. The van der Waals surface area contributed by atoms with E-state index < -0.39 is 21.7 Å². The van der Waals surface area contributed by atoms with Gasteiger partial charge >= 0.3 is 15.6 Å². The lowest BCUT2D eigenvalue weighted by molar-refractivity contribution is 0.145. The monoisotopic (exact) mass is 595 g/mol. The molecular formula is C29H46AlO7P2. The van der Waals surface area contributed by atoms with E-state index in [-0.39, 0.29) is 39.0 Å². The second-order valence-electron chi connectivity index (χ2n) is 14.1. The molecule has 0 bridgehead atoms. The van der Waals surface area contributed by atoms with Gasteiger partial charge in [-0.25, -0.2) is 9.13 Å². The summed E-state index contributed by atoms with van der Waals surface area (Å²) in [4.78, 5) is 29.1. The Hall–Kier alpha value is -0.768. The highest BCUT2D eigenvalue weighted by Crippen LogP contribution is 2.61. The lowest BCUT2D eigenvalue weighted by Gasteiger charge is -2.34. The highest BCUT2D eigenvalue weighted by atomic mass is 31.3. The predicted octanol–water partition coefficient (Wildman–Crippen LogP) is 7.81. The van der Waals surface area contributed by atoms with E-state index in [0.717, 1.165) is 22.3 Å². The van der Waals surface area contributed by atoms with Crippen LogP contribution in [0.1, 0.15) is 123 Å². The number of phosphoric acid groups is 2. The molecule has 0 heterocycles. The first-order valence-electron chi connectivity index (χ1n) is 12.8. The molecule has 2 aromatic rings. The second-order valence-corrected chi connectivity index (χ2v) is 16.9. The Labute approximate surface area is 245 Å². The average Bonchev–Trinajstić information content (AvgIpc) is 2.67. The fourth-order valence-corrected chi connectivity index (χ4v) is 6.09. The van der Waals surface area contributed by atoms with Crippen molar-refractivity contribution in [1.29, 1.82) is 0 Å². The van der Waals surface area contributed by atoms with Gasteiger partial charge in [0.25, 0.3) is 0 Å². The molecule has 217 valence electrons. The molecule has 7 nitrogen and oxygen atoms in total. The highest BCUT2D eigenvalue weighted by molar-refractivity contribution is 7.60. The molecule has 0 saturated carbocycles. The fourth-order valence-electron chi connectivity index (χ4n) is 4.37. The Bertz CT molecular complexity index is 1180. The standard InChI is InChI=1S/C29H46O7P2.Al/c1-26(2,3)19-13-15-21(23(17-19)28(7,8)9)25(35-38(33,34)36-37(30,31)32)22-16-14-20(27(4,5)6)18-24(22)29(10,11)12;/h13-18,25H,1-12H3,(H,33,34)(H2,30,31,32);. The number of hydrogen-bond acceptors (Lipinski definition) is 4. The van der Waals surface area contributed by atoms with Crippen molar-refractivity contribution in [3.63, 3.8) is 0 Å². The summed E-state index contributed by atoms with van der Waals surface area (Å²) in [5.74, 6) is 0. The summed E-state index contributed by atoms with van der Waals surface area (Å²) in [6, 6.07) is 11.9. The highest BCUT2D eigenvalue weighted by Gasteiger charge is 2.39. The van der Waals surface area contributed by atoms with Gasteiger partial charge in [0.1, 0.15) is 6.10 Å². The van der Waals surface area contributed by atoms with Gasteiger partial charge in [-0.05, 0) is 55.0 Å². The molecule has 2 rings (SSSR count). The summed E-state index contributed by atoms with van der Waals surface area (Å²) in [6.07, 6.45) is -1.14. The molecule has 10 heteroatoms. The van der Waals surface area contributed by atoms with Crippen molar-refractivity contribution in [2.75, 3.05) is 0 Å². The molecule has 0 aliphatic heterocycles. The Kier molecular flexibility index (Phi) is 11.0. The van der Waals surface area contributed by atoms with Gasteiger partial charge < -0.3 is 14.7 Å². The summed E-state index contributed by atoms with van der Waals surface area (Å²) < 4.78 is 34.5. The maximum atomic E-state index is 13.0. The summed E-state index contributed by atoms with van der Waals surface area (Å²) in [5, 5.41) is 0. The van der Waals surface area contributed by atoms with Crippen LogP contribution in [0.3, 0.4) is 0 Å². The molecule has 39 heavy (non-hydrogen) atoms. The molecule has 1 unspecified atom stereocenters. The van der Waals surface area contributed by atoms with Crippen LogP contribution in [0.25, 0.3) is 0 Å². The minimum Gasteiger partial charge on any atom is -0.302 e. The molecule has 0 aliphatic rings. The molecule has 0 saturated heterocycles. The van der Waals surface area contributed by atoms with Gasteiger partial charge in [0.2, 0.25) is 0 Å². The summed E-state index contributed by atoms with van der Waals surface area (Å²) in [6.45, 7) is 25.0. The van der Waals surface area contributed by atoms with Crippen LogP contribution in [-0.4, -0.2) is 32.0 Å². The molecular weight excluding hydrogens is 549 g/mol. The SMILES string of the molecule is CC(C)(C)c1ccc(C(OP(=O)(O)OP(=O)(O)O)c2ccc(C(C)(C)C)cc2C(C)(C)C)c(C(C)(C)C)c1.[Al]. The number of phosphoric ester groups is 1. The molecule has 2 aromatic carbocycles. The van der Waals surface area contributed by atoms with Crippen molar-refractivity contribution in [2.24, 2.45) is 0 Å². The zero-order valence-electron chi connectivity index (χ0n) is 25.5. The third-order valence-electron chi connectivity index (χ3n) is 6.47. The summed E-state index contributed by atoms with van der Waals surface area (Å²) in [7, 11) is -10.5. The van der Waals surface area contributed by atoms with Crippen molar-refractivity contribution in [2.45, 2.75) is 111 Å². The van der Waals surface area contributed by atoms with E-state index in [1.807, 2.05) is 65.8 Å². The van der Waals surface area contributed by atoms with Gasteiger partial charge in [-0.1, -0.05) is 119 Å². The van der Waals surface area contributed by atoms with Gasteiger partial charge in [0, 0.05) is 17.4 Å². The lowest BCUT2D eigenvalue weighted by atomic mass is 9.74. The third kappa shape index (κ3) is 9.93. The zero-order chi connectivity index (χ0) is 29.7. The third-order valence-corrected chi connectivity index (χ3v) is 8.62. The average molecular weight is 596 g/mol. The number of hydrogen-bond donors (Lipinski definition) is 3. The van der Waals surface area contributed by atoms with Crippen molar-refractivity contribution < 1.29 is 32.6 Å². The Morgan fingerprint density at radius 1 is 0.615 bits per heavy atom. The predicted molar refractivity (Wildman–Crippen MR) is 159 cm³/mol. The van der Waals surface area contributed by atoms with E-state index in [1.165, 1.54) is 0 Å². The van der Waals surface area contributed by atoms with E-state index >= 15 is 0 Å². The van der Waals surface area contributed by atoms with Crippen LogP contribution >= 0.6 is 15.6 Å². The van der Waals surface area contributed by atoms with Crippen LogP contribution in [-0.2, 0) is 39.6 Å². The van der Waals surface area contributed by atoms with Crippen molar-refractivity contribution in [3.8, 4) is 0 Å². The number of benzene rings is 2. The van der Waals surface area contributed by atoms with Crippen LogP contribution < -0.4 is 0 Å². The van der Waals surface area contributed by atoms with Gasteiger partial charge in [-0.15, -0.1) is 0 Å². The topological polar surface area (TPSA) is 113 Å². The van der Waals surface area contributed by atoms with Crippen molar-refractivity contribution in [1.82, 2.24) is 0 Å². The van der Waals surface area contributed by atoms with Crippen LogP contribution in [0.5, 0.6) is 0 Å². The first-order chi connectivity index (χ1) is 16.7. The maximum absolute atomic E-state index is 13.0. The van der Waals surface area contributed by atoms with Crippen molar-refractivity contribution >= 4 is 33.0 Å². The minimum atomic E-state index is -5.31. The normalized spacial score (nSPS) is 15.2. The molecule has 1 atom stereocenters. The zero-order valence-corrected chi connectivity index (χ0v) is 28.4. The Balaban J connectivity index is 0.00000760. The van der Waals surface area contributed by atoms with Gasteiger partial charge in [-0.2, -0.15) is 4.31 Å². The largest absolute Gasteiger partial charge is 0.482 e. The molecule has 3 N–H and O–H groups in total. The first kappa shape index (κ1) is 36.3.